The van der Waals surface area contributed by atoms with Crippen LogP contribution in [0, 0.1) is 5.92 Å². The fourth-order valence-electron chi connectivity index (χ4n) is 4.56. The molecule has 0 bridgehead atoms. The molecule has 0 aromatic carbocycles. The van der Waals surface area contributed by atoms with Crippen molar-refractivity contribution in [3.8, 4) is 0 Å². The maximum Gasteiger partial charge on any atom is 0.472 e. The van der Waals surface area contributed by atoms with Gasteiger partial charge in [0, 0.05) is 53.2 Å². The molecule has 0 aliphatic rings. The highest BCUT2D eigenvalue weighted by Gasteiger charge is 2.21. The molecule has 22 nitrogen and oxygen atoms in total. The average molecular weight is 911 g/mol. The van der Waals surface area contributed by atoms with Crippen molar-refractivity contribution < 1.29 is 84.6 Å². The summed E-state index contributed by atoms with van der Waals surface area (Å²) in [6.07, 6.45) is 4.44. The predicted octanol–water partition coefficient (Wildman–Crippen LogP) is 3.58. The number of carbonyl (C=O) groups excluding carboxylic acids is 4. The summed E-state index contributed by atoms with van der Waals surface area (Å²) in [7, 11) is -5.30. The predicted molar refractivity (Wildman–Crippen MR) is 218 cm³/mol. The van der Waals surface area contributed by atoms with Gasteiger partial charge in [-0.05, 0) is 70.1 Å². The Morgan fingerprint density at radius 1 is 0.467 bits per heavy atom. The standard InChI is InChI=1S/C36H72N4O18P2/c1-32(30-39-33(41)14-6-12-20-57-59(45,46)55-18-10-4-8-16-37-35(43)53-28-26-51-24-22-49-2)31-40-34(42)15-7-13-21-58-60(47,48)56-19-11-5-9-17-38-36(44)54-29-27-52-25-23-50-3/h32H,4-31H2,1-3H3,(H,37,43)(H,38,44)(H,39,41)(H,40,42)(H,45,46)(H,47,48). The Morgan fingerprint density at radius 3 is 1.18 bits per heavy atom. The molecule has 4 amide bonds. The Morgan fingerprint density at radius 2 is 0.817 bits per heavy atom. The maximum absolute atomic E-state index is 12.2. The Hall–Kier alpha value is -2.46. The van der Waals surface area contributed by atoms with Crippen molar-refractivity contribution in [3.05, 3.63) is 0 Å². The van der Waals surface area contributed by atoms with Gasteiger partial charge in [0.1, 0.15) is 13.2 Å². The van der Waals surface area contributed by atoms with E-state index in [1.807, 2.05) is 6.92 Å². The van der Waals surface area contributed by atoms with Gasteiger partial charge in [-0.15, -0.1) is 0 Å². The molecule has 0 aliphatic carbocycles. The second kappa shape index (κ2) is 39.4. The van der Waals surface area contributed by atoms with Gasteiger partial charge in [0.25, 0.3) is 0 Å². The van der Waals surface area contributed by atoms with Crippen molar-refractivity contribution in [2.24, 2.45) is 5.92 Å². The van der Waals surface area contributed by atoms with Crippen molar-refractivity contribution in [3.63, 3.8) is 0 Å². The van der Waals surface area contributed by atoms with Crippen LogP contribution in [-0.4, -0.2) is 153 Å². The first-order valence-corrected chi connectivity index (χ1v) is 23.5. The molecular weight excluding hydrogens is 838 g/mol. The number of methoxy groups -OCH3 is 2. The van der Waals surface area contributed by atoms with E-state index in [0.29, 0.717) is 117 Å². The van der Waals surface area contributed by atoms with Crippen LogP contribution in [0.3, 0.4) is 0 Å². The van der Waals surface area contributed by atoms with Crippen molar-refractivity contribution in [2.45, 2.75) is 84.0 Å². The zero-order valence-electron chi connectivity index (χ0n) is 35.7. The van der Waals surface area contributed by atoms with Crippen LogP contribution in [0.4, 0.5) is 9.59 Å². The number of nitrogens with one attached hydrogen (secondary N) is 4. The van der Waals surface area contributed by atoms with E-state index in [0.717, 1.165) is 0 Å². The molecule has 0 radical (unpaired) electrons. The van der Waals surface area contributed by atoms with Crippen LogP contribution in [0.2, 0.25) is 0 Å². The lowest BCUT2D eigenvalue weighted by Gasteiger charge is -2.14. The van der Waals surface area contributed by atoms with Crippen LogP contribution in [-0.2, 0) is 65.2 Å². The SMILES string of the molecule is COCCOCCOC(=O)NCCCCCOP(=O)(O)OCCCCC(=O)NCC(C)CNC(=O)CCCCOP(=O)(O)OCCCCCNC(=O)OCCOCCOC. The highest BCUT2D eigenvalue weighted by Crippen LogP contribution is 2.44. The first kappa shape index (κ1) is 57.5. The average Bonchev–Trinajstić information content (AvgIpc) is 3.20. The third-order valence-electron chi connectivity index (χ3n) is 7.88. The quantitative estimate of drug-likeness (QED) is 0.0377. The van der Waals surface area contributed by atoms with Crippen LogP contribution in [0.5, 0.6) is 0 Å². The monoisotopic (exact) mass is 910 g/mol. The number of phosphoric acid groups is 2. The van der Waals surface area contributed by atoms with Crippen LogP contribution in [0.1, 0.15) is 84.0 Å². The minimum Gasteiger partial charge on any atom is -0.447 e. The molecule has 354 valence electrons. The number of unbranched alkanes of at least 4 members (excludes halogenated alkanes) is 6. The van der Waals surface area contributed by atoms with E-state index in [1.165, 1.54) is 0 Å². The fourth-order valence-corrected chi connectivity index (χ4v) is 6.15. The van der Waals surface area contributed by atoms with E-state index >= 15 is 0 Å². The molecule has 60 heavy (non-hydrogen) atoms. The fraction of sp³-hybridized carbons (Fsp3) is 0.889. The van der Waals surface area contributed by atoms with E-state index in [1.54, 1.807) is 14.2 Å². The lowest BCUT2D eigenvalue weighted by atomic mass is 10.1. The van der Waals surface area contributed by atoms with Gasteiger partial charge in [0.2, 0.25) is 11.8 Å². The van der Waals surface area contributed by atoms with Gasteiger partial charge in [-0.25, -0.2) is 18.7 Å². The summed E-state index contributed by atoms with van der Waals surface area (Å²) < 4.78 is 74.0. The van der Waals surface area contributed by atoms with Gasteiger partial charge in [-0.2, -0.15) is 0 Å². The summed E-state index contributed by atoms with van der Waals surface area (Å²) in [6.45, 7) is 5.85. The van der Waals surface area contributed by atoms with Crippen molar-refractivity contribution in [1.82, 2.24) is 21.3 Å². The molecule has 2 atom stereocenters. The zero-order chi connectivity index (χ0) is 44.6. The van der Waals surface area contributed by atoms with Gasteiger partial charge < -0.3 is 59.5 Å². The van der Waals surface area contributed by atoms with Crippen LogP contribution < -0.4 is 21.3 Å². The summed E-state index contributed by atoms with van der Waals surface area (Å²) in [5, 5.41) is 10.8. The Balaban J connectivity index is 3.73. The van der Waals surface area contributed by atoms with Gasteiger partial charge >= 0.3 is 27.8 Å². The van der Waals surface area contributed by atoms with Gasteiger partial charge in [-0.3, -0.25) is 27.7 Å². The lowest BCUT2D eigenvalue weighted by molar-refractivity contribution is -0.121. The Labute approximate surface area is 354 Å². The number of rotatable bonds is 42. The number of carbonyl (C=O) groups is 4. The molecule has 2 unspecified atom stereocenters. The second-order valence-electron chi connectivity index (χ2n) is 13.4. The van der Waals surface area contributed by atoms with Crippen LogP contribution in [0.15, 0.2) is 0 Å². The number of phosphoric ester groups is 2. The van der Waals surface area contributed by atoms with Crippen LogP contribution >= 0.6 is 15.6 Å². The smallest absolute Gasteiger partial charge is 0.447 e. The summed E-state index contributed by atoms with van der Waals surface area (Å²) in [6, 6.07) is 0. The Kier molecular flexibility index (Phi) is 37.8. The third kappa shape index (κ3) is 40.9. The van der Waals surface area contributed by atoms with Gasteiger partial charge in [0.15, 0.2) is 0 Å². The minimum absolute atomic E-state index is 0.0119. The van der Waals surface area contributed by atoms with Crippen molar-refractivity contribution in [1.29, 1.82) is 0 Å². The normalized spacial score (nSPS) is 13.8. The van der Waals surface area contributed by atoms with Crippen LogP contribution in [0.25, 0.3) is 0 Å². The molecule has 0 saturated carbocycles. The molecule has 0 aliphatic heterocycles. The summed E-state index contributed by atoms with van der Waals surface area (Å²) in [5.74, 6) is -0.427. The van der Waals surface area contributed by atoms with E-state index in [2.05, 4.69) is 21.3 Å². The highest BCUT2D eigenvalue weighted by molar-refractivity contribution is 7.47. The third-order valence-corrected chi connectivity index (χ3v) is 9.91. The number of amides is 4. The molecule has 0 heterocycles. The summed E-state index contributed by atoms with van der Waals surface area (Å²) in [4.78, 5) is 67.2. The van der Waals surface area contributed by atoms with Crippen molar-refractivity contribution in [2.75, 3.05) is 120 Å². The van der Waals surface area contributed by atoms with E-state index < -0.39 is 27.8 Å². The summed E-state index contributed by atoms with van der Waals surface area (Å²) >= 11 is 0. The Bertz CT molecular complexity index is 1120. The first-order valence-electron chi connectivity index (χ1n) is 20.5. The lowest BCUT2D eigenvalue weighted by Crippen LogP contribution is -2.35. The molecule has 24 heteroatoms. The zero-order valence-corrected chi connectivity index (χ0v) is 37.5. The number of hydrogen-bond acceptors (Lipinski definition) is 16. The molecule has 0 rings (SSSR count). The number of ether oxygens (including phenoxy) is 6. The van der Waals surface area contributed by atoms with E-state index in [-0.39, 0.29) is 83.4 Å². The minimum atomic E-state index is -4.22. The van der Waals surface area contributed by atoms with E-state index in [4.69, 9.17) is 46.5 Å². The van der Waals surface area contributed by atoms with Gasteiger partial charge in [0.05, 0.1) is 66.1 Å². The molecule has 0 aromatic heterocycles. The topological polar surface area (TPSA) is 283 Å². The molecule has 6 N–H and O–H groups in total. The summed E-state index contributed by atoms with van der Waals surface area (Å²) in [5.41, 5.74) is 0. The number of alkyl carbamates (subject to hydrolysis) is 2. The molecule has 0 saturated heterocycles. The molecule has 0 fully saturated rings. The van der Waals surface area contributed by atoms with Crippen molar-refractivity contribution >= 4 is 39.6 Å². The second-order valence-corrected chi connectivity index (χ2v) is 16.3. The highest BCUT2D eigenvalue weighted by atomic mass is 31.2. The molecule has 0 spiro atoms. The molecular formula is C36H72N4O18P2. The molecule has 0 aromatic rings. The maximum atomic E-state index is 12.2. The number of hydrogen-bond donors (Lipinski definition) is 6. The first-order chi connectivity index (χ1) is 28.8. The van der Waals surface area contributed by atoms with Gasteiger partial charge in [-0.1, -0.05) is 6.92 Å². The van der Waals surface area contributed by atoms with E-state index in [9.17, 15) is 38.1 Å². The largest absolute Gasteiger partial charge is 0.472 e.